The highest BCUT2D eigenvalue weighted by molar-refractivity contribution is 6.31. The van der Waals surface area contributed by atoms with Crippen molar-refractivity contribution in [3.8, 4) is 0 Å². The molecule has 0 atom stereocenters. The maximum absolute atomic E-state index is 6.06. The lowest BCUT2D eigenvalue weighted by Crippen LogP contribution is -2.13. The highest BCUT2D eigenvalue weighted by atomic mass is 35.5. The van der Waals surface area contributed by atoms with E-state index >= 15 is 0 Å². The van der Waals surface area contributed by atoms with E-state index in [1.165, 1.54) is 0 Å². The van der Waals surface area contributed by atoms with Gasteiger partial charge in [0.05, 0.1) is 17.9 Å². The maximum atomic E-state index is 6.06. The Morgan fingerprint density at radius 1 is 1.37 bits per heavy atom. The van der Waals surface area contributed by atoms with E-state index in [1.807, 2.05) is 44.7 Å². The summed E-state index contributed by atoms with van der Waals surface area (Å²) in [5.74, 6) is 1.02. The standard InChI is InChI=1S/C14H19ClN4/c1-4-19-8-7-16-14(19)10-17-12-9-11(15)5-6-13(12)18(2)3/h5-9,17H,4,10H2,1-3H3. The second-order valence-corrected chi connectivity index (χ2v) is 4.98. The molecule has 4 nitrogen and oxygen atoms in total. The molecule has 0 amide bonds. The number of halogens is 1. The number of hydrogen-bond donors (Lipinski definition) is 1. The van der Waals surface area contributed by atoms with Crippen molar-refractivity contribution in [2.24, 2.45) is 0 Å². The Labute approximate surface area is 119 Å². The van der Waals surface area contributed by atoms with Crippen LogP contribution in [0.25, 0.3) is 0 Å². The van der Waals surface area contributed by atoms with Crippen LogP contribution in [0.1, 0.15) is 12.7 Å². The maximum Gasteiger partial charge on any atom is 0.128 e. The van der Waals surface area contributed by atoms with Crippen molar-refractivity contribution in [1.29, 1.82) is 0 Å². The fourth-order valence-corrected chi connectivity index (χ4v) is 2.18. The third-order valence-electron chi connectivity index (χ3n) is 3.02. The predicted molar refractivity (Wildman–Crippen MR) is 81.0 cm³/mol. The largest absolute Gasteiger partial charge is 0.376 e. The van der Waals surface area contributed by atoms with Crippen molar-refractivity contribution in [2.75, 3.05) is 24.3 Å². The molecule has 19 heavy (non-hydrogen) atoms. The minimum atomic E-state index is 0.683. The second kappa shape index (κ2) is 5.97. The Hall–Kier alpha value is -1.68. The van der Waals surface area contributed by atoms with Gasteiger partial charge in [0.15, 0.2) is 0 Å². The van der Waals surface area contributed by atoms with Crippen molar-refractivity contribution in [1.82, 2.24) is 9.55 Å². The molecule has 0 saturated heterocycles. The fraction of sp³-hybridized carbons (Fsp3) is 0.357. The van der Waals surface area contributed by atoms with Crippen LogP contribution < -0.4 is 10.2 Å². The average molecular weight is 279 g/mol. The molecular formula is C14H19ClN4. The van der Waals surface area contributed by atoms with E-state index in [0.717, 1.165) is 28.8 Å². The number of rotatable bonds is 5. The van der Waals surface area contributed by atoms with Gasteiger partial charge in [-0.1, -0.05) is 11.6 Å². The van der Waals surface area contributed by atoms with E-state index in [1.54, 1.807) is 0 Å². The predicted octanol–water partition coefficient (Wildman–Crippen LogP) is 3.23. The lowest BCUT2D eigenvalue weighted by atomic mass is 10.2. The van der Waals surface area contributed by atoms with Crippen LogP contribution in [0.5, 0.6) is 0 Å². The van der Waals surface area contributed by atoms with Gasteiger partial charge in [0.2, 0.25) is 0 Å². The van der Waals surface area contributed by atoms with Gasteiger partial charge in [-0.2, -0.15) is 0 Å². The molecule has 0 bridgehead atoms. The highest BCUT2D eigenvalue weighted by Crippen LogP contribution is 2.28. The smallest absolute Gasteiger partial charge is 0.128 e. The van der Waals surface area contributed by atoms with Gasteiger partial charge in [-0.25, -0.2) is 4.98 Å². The van der Waals surface area contributed by atoms with Gasteiger partial charge in [-0.15, -0.1) is 0 Å². The zero-order chi connectivity index (χ0) is 13.8. The van der Waals surface area contributed by atoms with Crippen LogP contribution in [0.4, 0.5) is 11.4 Å². The van der Waals surface area contributed by atoms with Gasteiger partial charge in [-0.05, 0) is 25.1 Å². The normalized spacial score (nSPS) is 10.5. The summed E-state index contributed by atoms with van der Waals surface area (Å²) >= 11 is 6.06. The summed E-state index contributed by atoms with van der Waals surface area (Å²) in [5.41, 5.74) is 2.13. The molecule has 0 fully saturated rings. The third-order valence-corrected chi connectivity index (χ3v) is 3.25. The molecule has 1 aromatic heterocycles. The number of nitrogens with one attached hydrogen (secondary N) is 1. The molecule has 0 saturated carbocycles. The molecule has 2 rings (SSSR count). The number of benzene rings is 1. The third kappa shape index (κ3) is 3.20. The molecule has 1 N–H and O–H groups in total. The summed E-state index contributed by atoms with van der Waals surface area (Å²) in [7, 11) is 4.03. The molecule has 0 spiro atoms. The Morgan fingerprint density at radius 3 is 2.84 bits per heavy atom. The van der Waals surface area contributed by atoms with Crippen LogP contribution in [0.15, 0.2) is 30.6 Å². The van der Waals surface area contributed by atoms with Crippen LogP contribution in [0.3, 0.4) is 0 Å². The molecule has 0 radical (unpaired) electrons. The van der Waals surface area contributed by atoms with Gasteiger partial charge < -0.3 is 14.8 Å². The molecule has 0 aliphatic rings. The molecule has 0 unspecified atom stereocenters. The minimum Gasteiger partial charge on any atom is -0.376 e. The molecule has 1 aromatic carbocycles. The quantitative estimate of drug-likeness (QED) is 0.911. The zero-order valence-corrected chi connectivity index (χ0v) is 12.3. The summed E-state index contributed by atoms with van der Waals surface area (Å²) in [6.07, 6.45) is 3.81. The first-order valence-electron chi connectivity index (χ1n) is 6.32. The molecule has 2 aromatic rings. The SMILES string of the molecule is CCn1ccnc1CNc1cc(Cl)ccc1N(C)C. The van der Waals surface area contributed by atoms with E-state index in [4.69, 9.17) is 11.6 Å². The van der Waals surface area contributed by atoms with Crippen molar-refractivity contribution < 1.29 is 0 Å². The first-order chi connectivity index (χ1) is 9.11. The average Bonchev–Trinajstić information content (AvgIpc) is 2.83. The fourth-order valence-electron chi connectivity index (χ4n) is 2.01. The number of hydrogen-bond acceptors (Lipinski definition) is 3. The van der Waals surface area contributed by atoms with Crippen LogP contribution in [-0.2, 0) is 13.1 Å². The van der Waals surface area contributed by atoms with E-state index in [0.29, 0.717) is 6.54 Å². The Balaban J connectivity index is 2.17. The van der Waals surface area contributed by atoms with E-state index < -0.39 is 0 Å². The van der Waals surface area contributed by atoms with E-state index in [-0.39, 0.29) is 0 Å². The number of imidazole rings is 1. The van der Waals surface area contributed by atoms with Crippen LogP contribution >= 0.6 is 11.6 Å². The monoisotopic (exact) mass is 278 g/mol. The number of aryl methyl sites for hydroxylation is 1. The van der Waals surface area contributed by atoms with Crippen molar-refractivity contribution in [3.63, 3.8) is 0 Å². The first kappa shape index (κ1) is 13.7. The first-order valence-corrected chi connectivity index (χ1v) is 6.70. The number of nitrogens with zero attached hydrogens (tertiary/aromatic N) is 3. The summed E-state index contributed by atoms with van der Waals surface area (Å²) < 4.78 is 2.12. The van der Waals surface area contributed by atoms with Gasteiger partial charge in [0.25, 0.3) is 0 Å². The second-order valence-electron chi connectivity index (χ2n) is 4.54. The zero-order valence-electron chi connectivity index (χ0n) is 11.5. The Morgan fingerprint density at radius 2 is 2.16 bits per heavy atom. The minimum absolute atomic E-state index is 0.683. The summed E-state index contributed by atoms with van der Waals surface area (Å²) in [4.78, 5) is 6.41. The highest BCUT2D eigenvalue weighted by Gasteiger charge is 2.07. The Kier molecular flexibility index (Phi) is 4.32. The van der Waals surface area contributed by atoms with Crippen LogP contribution in [0.2, 0.25) is 5.02 Å². The van der Waals surface area contributed by atoms with Crippen molar-refractivity contribution in [2.45, 2.75) is 20.0 Å². The summed E-state index contributed by atoms with van der Waals surface area (Å²) in [5, 5.41) is 4.13. The number of aromatic nitrogens is 2. The van der Waals surface area contributed by atoms with Gasteiger partial charge in [0, 0.05) is 38.1 Å². The van der Waals surface area contributed by atoms with E-state index in [9.17, 15) is 0 Å². The number of anilines is 2. The lowest BCUT2D eigenvalue weighted by molar-refractivity contribution is 0.708. The molecule has 0 aliphatic carbocycles. The van der Waals surface area contributed by atoms with Gasteiger partial charge >= 0.3 is 0 Å². The van der Waals surface area contributed by atoms with E-state index in [2.05, 4.69) is 26.7 Å². The van der Waals surface area contributed by atoms with Crippen molar-refractivity contribution in [3.05, 3.63) is 41.4 Å². The van der Waals surface area contributed by atoms with Crippen LogP contribution in [-0.4, -0.2) is 23.6 Å². The summed E-state index contributed by atoms with van der Waals surface area (Å²) in [6, 6.07) is 5.85. The molecular weight excluding hydrogens is 260 g/mol. The van der Waals surface area contributed by atoms with Crippen LogP contribution in [0, 0.1) is 0 Å². The Bertz CT molecular complexity index is 548. The molecule has 0 aliphatic heterocycles. The molecule has 1 heterocycles. The molecule has 5 heteroatoms. The molecule has 102 valence electrons. The van der Waals surface area contributed by atoms with Gasteiger partial charge in [0.1, 0.15) is 5.82 Å². The van der Waals surface area contributed by atoms with Crippen molar-refractivity contribution >= 4 is 23.0 Å². The topological polar surface area (TPSA) is 33.1 Å². The van der Waals surface area contributed by atoms with Gasteiger partial charge in [-0.3, -0.25) is 0 Å². The summed E-state index contributed by atoms with van der Waals surface area (Å²) in [6.45, 7) is 3.71. The lowest BCUT2D eigenvalue weighted by Gasteiger charge is -2.19.